The number of hydrogen-bond donors (Lipinski definition) is 0. The number of benzene rings is 1. The number of amides is 1. The lowest BCUT2D eigenvalue weighted by atomic mass is 10.2. The van der Waals surface area contributed by atoms with Crippen LogP contribution in [-0.2, 0) is 0 Å². The smallest absolute Gasteiger partial charge is 0.283 e. The first-order valence-electron chi connectivity index (χ1n) is 7.33. The Balaban J connectivity index is 1.87. The molecular formula is C17H10FN5O2. The van der Waals surface area contributed by atoms with Crippen molar-refractivity contribution in [2.45, 2.75) is 0 Å². The molecule has 3 aromatic rings. The molecule has 4 rings (SSSR count). The molecule has 0 atom stereocenters. The van der Waals surface area contributed by atoms with Crippen LogP contribution in [0.4, 0.5) is 10.1 Å². The first kappa shape index (κ1) is 14.8. The number of pyridine rings is 1. The minimum absolute atomic E-state index is 0.0377. The Kier molecular flexibility index (Phi) is 3.40. The van der Waals surface area contributed by atoms with Crippen molar-refractivity contribution in [3.8, 4) is 23.3 Å². The van der Waals surface area contributed by atoms with E-state index in [2.05, 4.69) is 10.1 Å². The third kappa shape index (κ3) is 2.48. The number of carbonyl (C=O) groups excluding carboxylic acids is 1. The lowest BCUT2D eigenvalue weighted by molar-refractivity contribution is 0.0985. The van der Waals surface area contributed by atoms with Crippen molar-refractivity contribution in [3.63, 3.8) is 0 Å². The van der Waals surface area contributed by atoms with Gasteiger partial charge in [0.1, 0.15) is 12.4 Å². The fourth-order valence-corrected chi connectivity index (χ4v) is 2.58. The van der Waals surface area contributed by atoms with Gasteiger partial charge in [-0.2, -0.15) is 10.4 Å². The minimum Gasteiger partial charge on any atom is -0.451 e. The van der Waals surface area contributed by atoms with Crippen molar-refractivity contribution < 1.29 is 13.9 Å². The first-order valence-corrected chi connectivity index (χ1v) is 7.33. The zero-order valence-corrected chi connectivity index (χ0v) is 12.8. The summed E-state index contributed by atoms with van der Waals surface area (Å²) < 4.78 is 20.8. The number of anilines is 1. The van der Waals surface area contributed by atoms with Crippen LogP contribution in [0.25, 0.3) is 5.69 Å². The molecule has 0 saturated carbocycles. The molecule has 3 heterocycles. The zero-order chi connectivity index (χ0) is 17.4. The van der Waals surface area contributed by atoms with Crippen molar-refractivity contribution in [2.75, 3.05) is 11.4 Å². The molecule has 0 fully saturated rings. The van der Waals surface area contributed by atoms with Crippen molar-refractivity contribution in [3.05, 3.63) is 60.4 Å². The summed E-state index contributed by atoms with van der Waals surface area (Å²) in [4.78, 5) is 18.0. The molecule has 0 unspecified atom stereocenters. The monoisotopic (exact) mass is 335 g/mol. The van der Waals surface area contributed by atoms with E-state index in [1.165, 1.54) is 34.0 Å². The molecule has 1 aromatic carbocycles. The van der Waals surface area contributed by atoms with Crippen molar-refractivity contribution in [1.29, 1.82) is 5.26 Å². The number of aromatic nitrogens is 3. The molecule has 0 spiro atoms. The van der Waals surface area contributed by atoms with Gasteiger partial charge >= 0.3 is 0 Å². The molecule has 1 aliphatic rings. The maximum absolute atomic E-state index is 13.6. The Morgan fingerprint density at radius 1 is 1.28 bits per heavy atom. The van der Waals surface area contributed by atoms with Gasteiger partial charge in [0.2, 0.25) is 0 Å². The van der Waals surface area contributed by atoms with E-state index in [0.29, 0.717) is 11.4 Å². The highest BCUT2D eigenvalue weighted by Crippen LogP contribution is 2.39. The van der Waals surface area contributed by atoms with Crippen LogP contribution in [-0.4, -0.2) is 27.2 Å². The molecule has 2 aromatic heterocycles. The van der Waals surface area contributed by atoms with E-state index in [0.717, 1.165) is 0 Å². The first-order chi connectivity index (χ1) is 12.2. The second-order valence-corrected chi connectivity index (χ2v) is 5.26. The predicted octanol–water partition coefficient (Wildman–Crippen LogP) is 2.68. The summed E-state index contributed by atoms with van der Waals surface area (Å²) >= 11 is 0. The largest absolute Gasteiger partial charge is 0.451 e. The molecule has 8 heteroatoms. The molecular weight excluding hydrogens is 325 g/mol. The normalized spacial score (nSPS) is 12.6. The number of halogens is 1. The summed E-state index contributed by atoms with van der Waals surface area (Å²) in [7, 11) is 0. The van der Waals surface area contributed by atoms with Crippen molar-refractivity contribution in [2.24, 2.45) is 0 Å². The van der Waals surface area contributed by atoms with Crippen LogP contribution in [0.15, 0.2) is 48.9 Å². The second-order valence-electron chi connectivity index (χ2n) is 5.26. The Hall–Kier alpha value is -3.73. The highest BCUT2D eigenvalue weighted by Gasteiger charge is 2.31. The van der Waals surface area contributed by atoms with Gasteiger partial charge in [-0.05, 0) is 24.3 Å². The highest BCUT2D eigenvalue weighted by molar-refractivity contribution is 6.08. The maximum atomic E-state index is 13.6. The third-order valence-electron chi connectivity index (χ3n) is 3.70. The molecule has 122 valence electrons. The molecule has 0 N–H and O–H groups in total. The molecule has 0 bridgehead atoms. The van der Waals surface area contributed by atoms with Gasteiger partial charge in [0.05, 0.1) is 29.8 Å². The van der Waals surface area contributed by atoms with Gasteiger partial charge in [-0.1, -0.05) is 0 Å². The van der Waals surface area contributed by atoms with Gasteiger partial charge in [-0.3, -0.25) is 14.7 Å². The van der Waals surface area contributed by atoms with Crippen LogP contribution in [0, 0.1) is 17.1 Å². The number of fused-ring (bicyclic) bond motifs is 2. The fourth-order valence-electron chi connectivity index (χ4n) is 2.58. The summed E-state index contributed by atoms with van der Waals surface area (Å²) in [6.45, 7) is -0.208. The molecule has 25 heavy (non-hydrogen) atoms. The van der Waals surface area contributed by atoms with Crippen molar-refractivity contribution >= 4 is 11.6 Å². The Bertz CT molecular complexity index is 1010. The molecule has 1 amide bonds. The number of carbonyl (C=O) groups is 1. The summed E-state index contributed by atoms with van der Waals surface area (Å²) in [5.74, 6) is -0.676. The number of rotatable bonds is 2. The zero-order valence-electron chi connectivity index (χ0n) is 12.8. The van der Waals surface area contributed by atoms with E-state index < -0.39 is 11.7 Å². The standard InChI is InChI=1S/C17H10FN5O2/c18-11-3-4-13-14(8-11)25-15-10-23(12-2-1-6-20-9-12)21-16(15)17(24)22(13)7-5-19/h1-4,6,8-10H,7H2. The van der Waals surface area contributed by atoms with Crippen LogP contribution in [0.5, 0.6) is 11.5 Å². The summed E-state index contributed by atoms with van der Waals surface area (Å²) in [6, 6.07) is 9.21. The van der Waals surface area contributed by atoms with Gasteiger partial charge in [0.25, 0.3) is 5.91 Å². The van der Waals surface area contributed by atoms with Gasteiger partial charge in [-0.15, -0.1) is 0 Å². The maximum Gasteiger partial charge on any atom is 0.283 e. The molecule has 0 aliphatic carbocycles. The number of nitriles is 1. The third-order valence-corrected chi connectivity index (χ3v) is 3.70. The van der Waals surface area contributed by atoms with E-state index in [1.807, 2.05) is 6.07 Å². The lowest BCUT2D eigenvalue weighted by Crippen LogP contribution is -2.31. The van der Waals surface area contributed by atoms with Crippen LogP contribution < -0.4 is 9.64 Å². The number of nitrogens with zero attached hydrogens (tertiary/aromatic N) is 5. The minimum atomic E-state index is -0.508. The Labute approximate surface area is 141 Å². The van der Waals surface area contributed by atoms with Gasteiger partial charge in [0, 0.05) is 12.3 Å². The van der Waals surface area contributed by atoms with Crippen LogP contribution in [0.1, 0.15) is 10.5 Å². The Morgan fingerprint density at radius 2 is 2.16 bits per heavy atom. The molecule has 7 nitrogen and oxygen atoms in total. The average Bonchev–Trinajstić information content (AvgIpc) is 3.00. The van der Waals surface area contributed by atoms with Crippen molar-refractivity contribution in [1.82, 2.24) is 14.8 Å². The number of hydrogen-bond acceptors (Lipinski definition) is 5. The van der Waals surface area contributed by atoms with E-state index in [-0.39, 0.29) is 23.7 Å². The quantitative estimate of drug-likeness (QED) is 0.672. The summed E-state index contributed by atoms with van der Waals surface area (Å²) in [5.41, 5.74) is 0.993. The fraction of sp³-hybridized carbons (Fsp3) is 0.0588. The SMILES string of the molecule is N#CCN1C(=O)c2nn(-c3cccnc3)cc2Oc2cc(F)ccc21. The van der Waals surface area contributed by atoms with E-state index in [9.17, 15) is 9.18 Å². The lowest BCUT2D eigenvalue weighted by Gasteiger charge is -2.18. The highest BCUT2D eigenvalue weighted by atomic mass is 19.1. The second kappa shape index (κ2) is 5.72. The predicted molar refractivity (Wildman–Crippen MR) is 85.1 cm³/mol. The molecule has 0 saturated heterocycles. The van der Waals surface area contributed by atoms with Crippen LogP contribution >= 0.6 is 0 Å². The van der Waals surface area contributed by atoms with Gasteiger partial charge < -0.3 is 4.74 Å². The van der Waals surface area contributed by atoms with Gasteiger partial charge in [-0.25, -0.2) is 9.07 Å². The summed E-state index contributed by atoms with van der Waals surface area (Å²) in [6.07, 6.45) is 4.72. The van der Waals surface area contributed by atoms with Crippen LogP contribution in [0.3, 0.4) is 0 Å². The molecule has 0 radical (unpaired) electrons. The van der Waals surface area contributed by atoms with E-state index >= 15 is 0 Å². The Morgan fingerprint density at radius 3 is 2.92 bits per heavy atom. The average molecular weight is 335 g/mol. The van der Waals surface area contributed by atoms with Gasteiger partial charge in [0.15, 0.2) is 17.2 Å². The summed E-state index contributed by atoms with van der Waals surface area (Å²) in [5, 5.41) is 13.3. The van der Waals surface area contributed by atoms with E-state index in [1.54, 1.807) is 24.5 Å². The van der Waals surface area contributed by atoms with E-state index in [4.69, 9.17) is 10.00 Å². The topological polar surface area (TPSA) is 84.0 Å². The molecule has 1 aliphatic heterocycles. The number of ether oxygens (including phenoxy) is 1. The van der Waals surface area contributed by atoms with Crippen LogP contribution in [0.2, 0.25) is 0 Å².